The summed E-state index contributed by atoms with van der Waals surface area (Å²) in [7, 11) is 1.79. The van der Waals surface area contributed by atoms with E-state index in [1.54, 1.807) is 7.11 Å². The standard InChI is InChI=1S/C8H15O/c1-7-4-3-5-8(6-7)9-2/h6-8H,3-5H2,1-2H3/t7-,8+/m0/s1. The first-order valence-electron chi connectivity index (χ1n) is 3.70. The molecular weight excluding hydrogens is 112 g/mol. The van der Waals surface area contributed by atoms with Crippen LogP contribution in [0.4, 0.5) is 0 Å². The summed E-state index contributed by atoms with van der Waals surface area (Å²) in [6, 6.07) is 0. The van der Waals surface area contributed by atoms with Gasteiger partial charge in [-0.25, -0.2) is 0 Å². The zero-order chi connectivity index (χ0) is 6.69. The molecule has 0 heterocycles. The predicted octanol–water partition coefficient (Wildman–Crippen LogP) is 2.03. The van der Waals surface area contributed by atoms with Crippen molar-refractivity contribution in [3.63, 3.8) is 0 Å². The largest absolute Gasteiger partial charge is 0.381 e. The Morgan fingerprint density at radius 1 is 1.44 bits per heavy atom. The monoisotopic (exact) mass is 127 g/mol. The van der Waals surface area contributed by atoms with Gasteiger partial charge in [-0.1, -0.05) is 19.8 Å². The van der Waals surface area contributed by atoms with E-state index in [1.165, 1.54) is 19.3 Å². The Balaban J connectivity index is 2.23. The van der Waals surface area contributed by atoms with Gasteiger partial charge in [0.2, 0.25) is 0 Å². The van der Waals surface area contributed by atoms with Crippen LogP contribution in [0.3, 0.4) is 0 Å². The maximum Gasteiger partial charge on any atom is 0.0605 e. The molecule has 0 unspecified atom stereocenters. The molecule has 1 fully saturated rings. The van der Waals surface area contributed by atoms with Crippen LogP contribution < -0.4 is 0 Å². The fourth-order valence-corrected chi connectivity index (χ4v) is 1.40. The zero-order valence-electron chi connectivity index (χ0n) is 6.26. The molecule has 0 aromatic rings. The summed E-state index contributed by atoms with van der Waals surface area (Å²) in [5.41, 5.74) is 0. The lowest BCUT2D eigenvalue weighted by molar-refractivity contribution is 0.0950. The third kappa shape index (κ3) is 1.98. The molecule has 1 nitrogen and oxygen atoms in total. The van der Waals surface area contributed by atoms with Crippen molar-refractivity contribution in [3.8, 4) is 0 Å². The Labute approximate surface area is 57.4 Å². The van der Waals surface area contributed by atoms with Crippen molar-refractivity contribution in [2.45, 2.75) is 32.3 Å². The molecule has 0 saturated heterocycles. The van der Waals surface area contributed by atoms with Gasteiger partial charge in [-0.05, 0) is 18.8 Å². The molecule has 2 atom stereocenters. The van der Waals surface area contributed by atoms with Gasteiger partial charge in [0.15, 0.2) is 0 Å². The summed E-state index contributed by atoms with van der Waals surface area (Å²) in [5, 5.41) is 0. The molecule has 1 rings (SSSR count). The Morgan fingerprint density at radius 2 is 2.22 bits per heavy atom. The highest BCUT2D eigenvalue weighted by Crippen LogP contribution is 2.23. The molecule has 0 spiro atoms. The van der Waals surface area contributed by atoms with Crippen molar-refractivity contribution in [3.05, 3.63) is 6.42 Å². The van der Waals surface area contributed by atoms with Crippen LogP contribution in [-0.2, 0) is 4.74 Å². The molecular formula is C8H15O. The molecule has 53 valence electrons. The third-order valence-corrected chi connectivity index (χ3v) is 1.99. The van der Waals surface area contributed by atoms with Gasteiger partial charge < -0.3 is 4.74 Å². The fourth-order valence-electron chi connectivity index (χ4n) is 1.40. The summed E-state index contributed by atoms with van der Waals surface area (Å²) in [6.07, 6.45) is 6.65. The van der Waals surface area contributed by atoms with E-state index in [0.29, 0.717) is 6.10 Å². The molecule has 0 N–H and O–H groups in total. The van der Waals surface area contributed by atoms with Crippen LogP contribution in [0.15, 0.2) is 0 Å². The van der Waals surface area contributed by atoms with Gasteiger partial charge in [0.1, 0.15) is 0 Å². The first-order valence-corrected chi connectivity index (χ1v) is 3.70. The van der Waals surface area contributed by atoms with E-state index < -0.39 is 0 Å². The van der Waals surface area contributed by atoms with Crippen molar-refractivity contribution in [1.29, 1.82) is 0 Å². The van der Waals surface area contributed by atoms with Crippen LogP contribution >= 0.6 is 0 Å². The third-order valence-electron chi connectivity index (χ3n) is 1.99. The van der Waals surface area contributed by atoms with Crippen molar-refractivity contribution in [2.24, 2.45) is 5.92 Å². The predicted molar refractivity (Wildman–Crippen MR) is 38.1 cm³/mol. The first kappa shape index (κ1) is 7.07. The molecule has 9 heavy (non-hydrogen) atoms. The van der Waals surface area contributed by atoms with Gasteiger partial charge in [0.25, 0.3) is 0 Å². The van der Waals surface area contributed by atoms with Crippen LogP contribution in [0.2, 0.25) is 0 Å². The van der Waals surface area contributed by atoms with Crippen LogP contribution in [0.1, 0.15) is 26.2 Å². The summed E-state index contributed by atoms with van der Waals surface area (Å²) >= 11 is 0. The highest BCUT2D eigenvalue weighted by atomic mass is 16.5. The first-order chi connectivity index (χ1) is 4.33. The number of ether oxygens (including phenoxy) is 1. The average molecular weight is 127 g/mol. The number of methoxy groups -OCH3 is 1. The fraction of sp³-hybridized carbons (Fsp3) is 0.875. The van der Waals surface area contributed by atoms with Gasteiger partial charge in [0, 0.05) is 7.11 Å². The normalized spacial score (nSPS) is 36.7. The lowest BCUT2D eigenvalue weighted by Gasteiger charge is -2.24. The summed E-state index contributed by atoms with van der Waals surface area (Å²) in [4.78, 5) is 0. The molecule has 1 heteroatoms. The van der Waals surface area contributed by atoms with Gasteiger partial charge in [0.05, 0.1) is 6.10 Å². The van der Waals surface area contributed by atoms with Gasteiger partial charge >= 0.3 is 0 Å². The molecule has 1 aliphatic rings. The minimum Gasteiger partial charge on any atom is -0.381 e. The van der Waals surface area contributed by atoms with Crippen LogP contribution in [0.25, 0.3) is 0 Å². The van der Waals surface area contributed by atoms with E-state index >= 15 is 0 Å². The average Bonchev–Trinajstić information content (AvgIpc) is 1.88. The lowest BCUT2D eigenvalue weighted by Crippen LogP contribution is -2.20. The second-order valence-corrected chi connectivity index (χ2v) is 2.87. The molecule has 0 aromatic carbocycles. The van der Waals surface area contributed by atoms with Crippen molar-refractivity contribution < 1.29 is 4.74 Å². The van der Waals surface area contributed by atoms with Crippen molar-refractivity contribution >= 4 is 0 Å². The highest BCUT2D eigenvalue weighted by molar-refractivity contribution is 4.86. The Hall–Kier alpha value is -0.0400. The van der Waals surface area contributed by atoms with Crippen LogP contribution in [0.5, 0.6) is 0 Å². The molecule has 0 aromatic heterocycles. The van der Waals surface area contributed by atoms with Crippen LogP contribution in [0, 0.1) is 12.3 Å². The second kappa shape index (κ2) is 3.21. The summed E-state index contributed by atoms with van der Waals surface area (Å²) in [6.45, 7) is 2.26. The minimum absolute atomic E-state index is 0.439. The van der Waals surface area contributed by atoms with Crippen molar-refractivity contribution in [2.75, 3.05) is 7.11 Å². The minimum atomic E-state index is 0.439. The van der Waals surface area contributed by atoms with E-state index in [0.717, 1.165) is 5.92 Å². The van der Waals surface area contributed by atoms with Gasteiger partial charge in [-0.15, -0.1) is 0 Å². The summed E-state index contributed by atoms with van der Waals surface area (Å²) in [5.74, 6) is 0.767. The lowest BCUT2D eigenvalue weighted by atomic mass is 9.89. The Kier molecular flexibility index (Phi) is 2.52. The van der Waals surface area contributed by atoms with Gasteiger partial charge in [-0.3, -0.25) is 0 Å². The van der Waals surface area contributed by atoms with Gasteiger partial charge in [-0.2, -0.15) is 0 Å². The van der Waals surface area contributed by atoms with E-state index in [9.17, 15) is 0 Å². The molecule has 1 aliphatic carbocycles. The zero-order valence-corrected chi connectivity index (χ0v) is 6.26. The topological polar surface area (TPSA) is 9.23 Å². The highest BCUT2D eigenvalue weighted by Gasteiger charge is 2.17. The molecule has 1 saturated carbocycles. The number of rotatable bonds is 1. The van der Waals surface area contributed by atoms with Crippen molar-refractivity contribution in [1.82, 2.24) is 0 Å². The SMILES string of the molecule is CO[C@H]1[CH][C@@H](C)CCC1. The Bertz CT molecular complexity index is 80.6. The molecule has 1 radical (unpaired) electrons. The molecule has 0 amide bonds. The van der Waals surface area contributed by atoms with E-state index in [2.05, 4.69) is 13.3 Å². The number of hydrogen-bond donors (Lipinski definition) is 0. The summed E-state index contributed by atoms with van der Waals surface area (Å²) < 4.78 is 5.21. The maximum atomic E-state index is 5.21. The molecule has 0 bridgehead atoms. The van der Waals surface area contributed by atoms with Crippen LogP contribution in [-0.4, -0.2) is 13.2 Å². The van der Waals surface area contributed by atoms with E-state index in [4.69, 9.17) is 4.74 Å². The maximum absolute atomic E-state index is 5.21. The van der Waals surface area contributed by atoms with E-state index in [1.807, 2.05) is 0 Å². The Morgan fingerprint density at radius 3 is 2.67 bits per heavy atom. The quantitative estimate of drug-likeness (QED) is 0.523. The smallest absolute Gasteiger partial charge is 0.0605 e. The number of hydrogen-bond acceptors (Lipinski definition) is 1. The molecule has 0 aliphatic heterocycles. The second-order valence-electron chi connectivity index (χ2n) is 2.87. The van der Waals surface area contributed by atoms with E-state index in [-0.39, 0.29) is 0 Å².